The largest absolute Gasteiger partial charge is 0.346 e. The molecule has 2 saturated carbocycles. The van der Waals surface area contributed by atoms with Crippen molar-refractivity contribution in [2.45, 2.75) is 89.6 Å². The SMILES string of the molecule is CC(C)[C@H](N)C(=O)N1[C@@H]2C[C@@H]2C[C@H]1c1nc(-c2ccc(-c3ccc(-c4cnc([C@@H]5C[C@H]6C[C@H]6N5C(=O)[C@@H](N)C(C)C)[nH]4)cc3)cc2)c[nH]1. The third-order valence-corrected chi connectivity index (χ3v) is 11.3. The molecule has 8 rings (SSSR count). The molecule has 4 aliphatic rings. The molecule has 0 radical (unpaired) electrons. The van der Waals surface area contributed by atoms with Crippen LogP contribution in [0.15, 0.2) is 60.9 Å². The summed E-state index contributed by atoms with van der Waals surface area (Å²) in [7, 11) is 0. The van der Waals surface area contributed by atoms with Crippen LogP contribution in [-0.2, 0) is 9.59 Å². The van der Waals surface area contributed by atoms with Gasteiger partial charge in [-0.05, 0) is 66.0 Å². The molecule has 8 atom stereocenters. The van der Waals surface area contributed by atoms with Gasteiger partial charge in [-0.15, -0.1) is 0 Å². The highest BCUT2D eigenvalue weighted by molar-refractivity contribution is 5.84. The second-order valence-corrected chi connectivity index (χ2v) is 15.2. The molecule has 2 aliphatic heterocycles. The maximum Gasteiger partial charge on any atom is 0.240 e. The van der Waals surface area contributed by atoms with Crippen molar-refractivity contribution in [1.82, 2.24) is 29.7 Å². The Kier molecular flexibility index (Phi) is 7.56. The molecule has 4 aromatic rings. The Morgan fingerprint density at radius 2 is 1.19 bits per heavy atom. The molecule has 2 saturated heterocycles. The van der Waals surface area contributed by atoms with E-state index >= 15 is 0 Å². The van der Waals surface area contributed by atoms with Crippen LogP contribution in [0.25, 0.3) is 33.6 Å². The van der Waals surface area contributed by atoms with Crippen LogP contribution in [0.1, 0.15) is 77.1 Å². The number of carbonyl (C=O) groups is 2. The number of likely N-dealkylation sites (tertiary alicyclic amines) is 2. The number of piperidine rings is 2. The molecule has 10 nitrogen and oxygen atoms in total. The van der Waals surface area contributed by atoms with Crippen LogP contribution in [0.2, 0.25) is 0 Å². The fourth-order valence-corrected chi connectivity index (χ4v) is 7.93. The van der Waals surface area contributed by atoms with E-state index < -0.39 is 12.1 Å². The normalized spacial score (nSPS) is 26.9. The molecule has 48 heavy (non-hydrogen) atoms. The lowest BCUT2D eigenvalue weighted by Crippen LogP contribution is -2.47. The van der Waals surface area contributed by atoms with Gasteiger partial charge in [0.2, 0.25) is 11.8 Å². The summed E-state index contributed by atoms with van der Waals surface area (Å²) in [5.41, 5.74) is 18.7. The molecule has 2 aliphatic carbocycles. The summed E-state index contributed by atoms with van der Waals surface area (Å²) < 4.78 is 0. The van der Waals surface area contributed by atoms with Crippen LogP contribution in [0, 0.1) is 23.7 Å². The minimum Gasteiger partial charge on any atom is -0.346 e. The second-order valence-electron chi connectivity index (χ2n) is 15.2. The highest BCUT2D eigenvalue weighted by Crippen LogP contribution is 2.54. The second kappa shape index (κ2) is 11.7. The number of nitrogens with zero attached hydrogens (tertiary/aromatic N) is 4. The van der Waals surface area contributed by atoms with E-state index in [0.29, 0.717) is 23.9 Å². The summed E-state index contributed by atoms with van der Waals surface area (Å²) in [4.78, 5) is 47.0. The summed E-state index contributed by atoms with van der Waals surface area (Å²) in [5.74, 6) is 3.07. The number of H-pyrrole nitrogens is 2. The van der Waals surface area contributed by atoms with E-state index in [1.54, 1.807) is 0 Å². The lowest BCUT2D eigenvalue weighted by molar-refractivity contribution is -0.136. The number of benzene rings is 2. The van der Waals surface area contributed by atoms with Gasteiger partial charge in [0.05, 0.1) is 41.8 Å². The number of hydrogen-bond acceptors (Lipinski definition) is 6. The quantitative estimate of drug-likeness (QED) is 0.191. The third-order valence-electron chi connectivity index (χ3n) is 11.3. The van der Waals surface area contributed by atoms with Crippen molar-refractivity contribution >= 4 is 11.8 Å². The number of imidazole rings is 2. The van der Waals surface area contributed by atoms with Crippen LogP contribution < -0.4 is 11.5 Å². The Labute approximate surface area is 281 Å². The van der Waals surface area contributed by atoms with Crippen molar-refractivity contribution in [1.29, 1.82) is 0 Å². The van der Waals surface area contributed by atoms with Gasteiger partial charge < -0.3 is 31.2 Å². The van der Waals surface area contributed by atoms with Gasteiger partial charge in [0.1, 0.15) is 11.6 Å². The number of nitrogens with one attached hydrogen (secondary N) is 2. The fourth-order valence-electron chi connectivity index (χ4n) is 7.93. The molecular weight excluding hydrogens is 600 g/mol. The predicted octanol–water partition coefficient (Wildman–Crippen LogP) is 5.42. The molecule has 2 aromatic carbocycles. The van der Waals surface area contributed by atoms with E-state index in [1.807, 2.05) is 49.9 Å². The molecule has 2 aromatic heterocycles. The van der Waals surface area contributed by atoms with E-state index in [9.17, 15) is 9.59 Å². The van der Waals surface area contributed by atoms with Crippen molar-refractivity contribution in [3.8, 4) is 33.6 Å². The van der Waals surface area contributed by atoms with Crippen LogP contribution in [0.5, 0.6) is 0 Å². The van der Waals surface area contributed by atoms with Crippen LogP contribution in [0.3, 0.4) is 0 Å². The summed E-state index contributed by atoms with van der Waals surface area (Å²) in [6, 6.07) is 16.4. The molecule has 250 valence electrons. The summed E-state index contributed by atoms with van der Waals surface area (Å²) in [5, 5.41) is 0. The number of fused-ring (bicyclic) bond motifs is 2. The van der Waals surface area contributed by atoms with Gasteiger partial charge in [-0.25, -0.2) is 9.97 Å². The summed E-state index contributed by atoms with van der Waals surface area (Å²) in [6.07, 6.45) is 7.83. The Hall–Kier alpha value is -4.28. The number of aromatic amines is 2. The van der Waals surface area contributed by atoms with Crippen molar-refractivity contribution < 1.29 is 9.59 Å². The highest BCUT2D eigenvalue weighted by atomic mass is 16.2. The zero-order valence-corrected chi connectivity index (χ0v) is 28.1. The Morgan fingerprint density at radius 1 is 0.708 bits per heavy atom. The van der Waals surface area contributed by atoms with Crippen molar-refractivity contribution in [3.63, 3.8) is 0 Å². The average molecular weight is 647 g/mol. The Bertz CT molecular complexity index is 1690. The zero-order chi connectivity index (χ0) is 33.4. The number of hydrogen-bond donors (Lipinski definition) is 4. The smallest absolute Gasteiger partial charge is 0.240 e. The standard InChI is InChI=1S/C38H46N8O2/c1-19(2)33(39)37(47)45-29-13-25(29)15-31(45)35-41-17-27(43-35)23-9-5-21(6-10-23)22-7-11-24(12-8-22)28-18-42-36(44-28)32-16-26-14-30(26)46(32)38(48)34(40)20(3)4/h5-12,17-20,25-26,29-34H,13-16,39-40H2,1-4H3,(H,41,43)(H,42,44)/t25-,26-,29-,30-,31+,32+,33+,34+/m1/s1. The third kappa shape index (κ3) is 5.35. The minimum absolute atomic E-state index is 0.0385. The predicted molar refractivity (Wildman–Crippen MR) is 185 cm³/mol. The van der Waals surface area contributed by atoms with E-state index in [1.165, 1.54) is 0 Å². The van der Waals surface area contributed by atoms with Gasteiger partial charge in [0, 0.05) is 23.8 Å². The molecule has 10 heteroatoms. The molecule has 0 unspecified atom stereocenters. The number of rotatable bonds is 9. The first-order valence-electron chi connectivity index (χ1n) is 17.6. The van der Waals surface area contributed by atoms with Crippen molar-refractivity contribution in [2.75, 3.05) is 0 Å². The van der Waals surface area contributed by atoms with E-state index in [4.69, 9.17) is 21.4 Å². The van der Waals surface area contributed by atoms with Gasteiger partial charge >= 0.3 is 0 Å². The maximum absolute atomic E-state index is 13.2. The van der Waals surface area contributed by atoms with E-state index in [0.717, 1.165) is 71.0 Å². The number of carbonyl (C=O) groups excluding carboxylic acids is 2. The Balaban J connectivity index is 0.943. The van der Waals surface area contributed by atoms with Gasteiger partial charge in [0.25, 0.3) is 0 Å². The Morgan fingerprint density at radius 3 is 1.71 bits per heavy atom. The number of nitrogens with two attached hydrogens (primary N) is 2. The van der Waals surface area contributed by atoms with Gasteiger partial charge in [-0.1, -0.05) is 76.2 Å². The molecule has 4 heterocycles. The van der Waals surface area contributed by atoms with Crippen molar-refractivity contribution in [3.05, 3.63) is 72.6 Å². The molecule has 2 amide bonds. The topological polar surface area (TPSA) is 150 Å². The average Bonchev–Trinajstić information content (AvgIpc) is 3.69. The first-order chi connectivity index (χ1) is 23.1. The minimum atomic E-state index is -0.487. The summed E-state index contributed by atoms with van der Waals surface area (Å²) in [6.45, 7) is 7.99. The highest BCUT2D eigenvalue weighted by Gasteiger charge is 2.57. The molecule has 4 fully saturated rings. The lowest BCUT2D eigenvalue weighted by Gasteiger charge is -2.30. The number of aromatic nitrogens is 4. The zero-order valence-electron chi connectivity index (χ0n) is 28.1. The molecule has 6 N–H and O–H groups in total. The molecular formula is C38H46N8O2. The van der Waals surface area contributed by atoms with Crippen LogP contribution in [0.4, 0.5) is 0 Å². The maximum atomic E-state index is 13.2. The monoisotopic (exact) mass is 646 g/mol. The van der Waals surface area contributed by atoms with Gasteiger partial charge in [-0.2, -0.15) is 0 Å². The van der Waals surface area contributed by atoms with Gasteiger partial charge in [-0.3, -0.25) is 9.59 Å². The van der Waals surface area contributed by atoms with Gasteiger partial charge in [0.15, 0.2) is 0 Å². The summed E-state index contributed by atoms with van der Waals surface area (Å²) >= 11 is 0. The first-order valence-corrected chi connectivity index (χ1v) is 17.6. The van der Waals surface area contributed by atoms with E-state index in [2.05, 4.69) is 58.5 Å². The van der Waals surface area contributed by atoms with Crippen LogP contribution >= 0.6 is 0 Å². The lowest BCUT2D eigenvalue weighted by atomic mass is 10.0. The number of amides is 2. The molecule has 0 spiro atoms. The van der Waals surface area contributed by atoms with Crippen LogP contribution in [-0.4, -0.2) is 65.7 Å². The fraction of sp³-hybridized carbons (Fsp3) is 0.474. The molecule has 0 bridgehead atoms. The van der Waals surface area contributed by atoms with E-state index in [-0.39, 0.29) is 35.7 Å². The first kappa shape index (κ1) is 31.0. The van der Waals surface area contributed by atoms with Crippen molar-refractivity contribution in [2.24, 2.45) is 35.1 Å².